The van der Waals surface area contributed by atoms with Gasteiger partial charge in [0.25, 0.3) is 0 Å². The molecule has 3 N–H and O–H groups in total. The first-order chi connectivity index (χ1) is 17.1. The van der Waals surface area contributed by atoms with E-state index in [2.05, 4.69) is 20.7 Å². The first kappa shape index (κ1) is 25.7. The Morgan fingerprint density at radius 2 is 2.00 bits per heavy atom. The summed E-state index contributed by atoms with van der Waals surface area (Å²) in [6, 6.07) is 4.39. The number of carbonyl (C=O) groups excluding carboxylic acids is 1. The van der Waals surface area contributed by atoms with E-state index < -0.39 is 18.4 Å². The number of nitrogens with zero attached hydrogens (tertiary/aromatic N) is 3. The largest absolute Gasteiger partial charge is 0.496 e. The average molecular weight is 508 g/mol. The van der Waals surface area contributed by atoms with Gasteiger partial charge in [0.15, 0.2) is 11.9 Å². The maximum atomic E-state index is 13.7. The summed E-state index contributed by atoms with van der Waals surface area (Å²) in [5.74, 6) is 0.281. The fourth-order valence-corrected chi connectivity index (χ4v) is 4.12. The maximum Gasteiger partial charge on any atom is 0.418 e. The van der Waals surface area contributed by atoms with E-state index in [-0.39, 0.29) is 34.8 Å². The topological polar surface area (TPSA) is 111 Å². The highest BCUT2D eigenvalue weighted by Crippen LogP contribution is 2.45. The SMILES string of the molecule is CCC(O)c1cnc(NC(=O)C2CC2)cc1Nc1nn(C)c2ccc([C@H](OC)C(F)(F)F)c(OC)c12. The highest BCUT2D eigenvalue weighted by molar-refractivity contribution is 5.99. The van der Waals surface area contributed by atoms with Gasteiger partial charge in [-0.2, -0.15) is 18.3 Å². The molecule has 1 amide bonds. The summed E-state index contributed by atoms with van der Waals surface area (Å²) in [4.78, 5) is 16.5. The van der Waals surface area contributed by atoms with E-state index in [0.29, 0.717) is 28.6 Å². The molecule has 12 heteroatoms. The summed E-state index contributed by atoms with van der Waals surface area (Å²) < 4.78 is 52.8. The Kier molecular flexibility index (Phi) is 7.10. The molecule has 1 fully saturated rings. The van der Waals surface area contributed by atoms with E-state index in [9.17, 15) is 23.1 Å². The summed E-state index contributed by atoms with van der Waals surface area (Å²) in [6.07, 6.45) is -4.24. The second-order valence-corrected chi connectivity index (χ2v) is 8.68. The third-order valence-corrected chi connectivity index (χ3v) is 6.15. The number of hydrogen-bond donors (Lipinski definition) is 3. The zero-order valence-corrected chi connectivity index (χ0v) is 20.3. The van der Waals surface area contributed by atoms with Gasteiger partial charge in [-0.05, 0) is 25.3 Å². The minimum Gasteiger partial charge on any atom is -0.496 e. The van der Waals surface area contributed by atoms with Gasteiger partial charge in [0.1, 0.15) is 11.6 Å². The second kappa shape index (κ2) is 9.94. The number of nitrogens with one attached hydrogen (secondary N) is 2. The van der Waals surface area contributed by atoms with Crippen molar-refractivity contribution in [3.63, 3.8) is 0 Å². The van der Waals surface area contributed by atoms with Crippen LogP contribution in [0.15, 0.2) is 24.4 Å². The molecule has 4 rings (SSSR count). The highest BCUT2D eigenvalue weighted by Gasteiger charge is 2.43. The molecule has 1 unspecified atom stereocenters. The number of aliphatic hydroxyl groups is 1. The van der Waals surface area contributed by atoms with Gasteiger partial charge < -0.3 is 25.2 Å². The molecular formula is C24H28F3N5O4. The average Bonchev–Trinajstić information content (AvgIpc) is 3.63. The van der Waals surface area contributed by atoms with Crippen LogP contribution in [-0.4, -0.2) is 46.2 Å². The number of hydrogen-bond acceptors (Lipinski definition) is 7. The Morgan fingerprint density at radius 1 is 1.28 bits per heavy atom. The Labute approximate surface area is 205 Å². The molecule has 1 aliphatic carbocycles. The lowest BCUT2D eigenvalue weighted by atomic mass is 10.0. The molecule has 2 atom stereocenters. The molecule has 1 aromatic carbocycles. The van der Waals surface area contributed by atoms with Crippen molar-refractivity contribution in [3.05, 3.63) is 35.5 Å². The molecule has 2 heterocycles. The van der Waals surface area contributed by atoms with E-state index in [0.717, 1.165) is 20.0 Å². The number of rotatable bonds is 9. The number of aliphatic hydroxyl groups excluding tert-OH is 1. The normalized spacial score (nSPS) is 15.6. The molecule has 0 radical (unpaired) electrons. The number of alkyl halides is 3. The van der Waals surface area contributed by atoms with Gasteiger partial charge in [0, 0.05) is 43.5 Å². The highest BCUT2D eigenvalue weighted by atomic mass is 19.4. The number of methoxy groups -OCH3 is 2. The predicted molar refractivity (Wildman–Crippen MR) is 127 cm³/mol. The quantitative estimate of drug-likeness (QED) is 0.383. The Bertz CT molecular complexity index is 1270. The molecule has 2 aromatic heterocycles. The third kappa shape index (κ3) is 4.96. The number of ether oxygens (including phenoxy) is 2. The van der Waals surface area contributed by atoms with E-state index >= 15 is 0 Å². The Hall–Kier alpha value is -3.38. The van der Waals surface area contributed by atoms with Crippen molar-refractivity contribution in [2.24, 2.45) is 13.0 Å². The van der Waals surface area contributed by atoms with Crippen molar-refractivity contribution in [1.82, 2.24) is 14.8 Å². The van der Waals surface area contributed by atoms with Gasteiger partial charge in [-0.3, -0.25) is 9.48 Å². The molecule has 9 nitrogen and oxygen atoms in total. The molecule has 0 spiro atoms. The minimum atomic E-state index is -4.66. The fraction of sp³-hybridized carbons (Fsp3) is 0.458. The number of amides is 1. The van der Waals surface area contributed by atoms with E-state index in [4.69, 9.17) is 9.47 Å². The van der Waals surface area contributed by atoms with Crippen LogP contribution in [0.25, 0.3) is 10.9 Å². The summed E-state index contributed by atoms with van der Waals surface area (Å²) >= 11 is 0. The second-order valence-electron chi connectivity index (χ2n) is 8.68. The van der Waals surface area contributed by atoms with Crippen molar-refractivity contribution < 1.29 is 32.5 Å². The summed E-state index contributed by atoms with van der Waals surface area (Å²) in [5, 5.41) is 21.2. The molecule has 0 bridgehead atoms. The number of halogens is 3. The Morgan fingerprint density at radius 3 is 2.58 bits per heavy atom. The number of carbonyl (C=O) groups is 1. The predicted octanol–water partition coefficient (Wildman–Crippen LogP) is 4.76. The standard InChI is InChI=1S/C24H28F3N5O4/c1-5-17(33)14-11-28-18(30-23(34)12-6-7-12)10-15(14)29-22-19-16(32(2)31-22)9-8-13(20(19)35-3)21(36-4)24(25,26)27/h8-12,17,21,33H,5-7H2,1-4H3,(H2,28,29,30,31,34)/t17?,21-/m0/s1. The molecule has 0 saturated heterocycles. The van der Waals surface area contributed by atoms with Gasteiger partial charge in [-0.25, -0.2) is 4.98 Å². The van der Waals surface area contributed by atoms with Crippen LogP contribution in [-0.2, 0) is 16.6 Å². The third-order valence-electron chi connectivity index (χ3n) is 6.15. The number of anilines is 3. The molecule has 36 heavy (non-hydrogen) atoms. The van der Waals surface area contributed by atoms with Gasteiger partial charge in [-0.1, -0.05) is 13.0 Å². The molecule has 1 saturated carbocycles. The molecule has 1 aliphatic rings. The zero-order chi connectivity index (χ0) is 26.2. The molecule has 0 aliphatic heterocycles. The molecular weight excluding hydrogens is 479 g/mol. The first-order valence-corrected chi connectivity index (χ1v) is 11.5. The van der Waals surface area contributed by atoms with Crippen LogP contribution in [0.5, 0.6) is 5.75 Å². The number of aryl methyl sites for hydroxylation is 1. The van der Waals surface area contributed by atoms with Crippen LogP contribution in [0.3, 0.4) is 0 Å². The van der Waals surface area contributed by atoms with Crippen molar-refractivity contribution in [3.8, 4) is 5.75 Å². The number of aromatic nitrogens is 3. The molecule has 3 aromatic rings. The van der Waals surface area contributed by atoms with Crippen molar-refractivity contribution in [2.45, 2.75) is 44.6 Å². The van der Waals surface area contributed by atoms with Crippen molar-refractivity contribution in [1.29, 1.82) is 0 Å². The van der Waals surface area contributed by atoms with E-state index in [1.54, 1.807) is 20.0 Å². The number of fused-ring (bicyclic) bond motifs is 1. The van der Waals surface area contributed by atoms with Crippen molar-refractivity contribution in [2.75, 3.05) is 24.9 Å². The maximum absolute atomic E-state index is 13.7. The van der Waals surface area contributed by atoms with Crippen LogP contribution >= 0.6 is 0 Å². The van der Waals surface area contributed by atoms with Crippen LogP contribution in [0.1, 0.15) is 49.5 Å². The smallest absolute Gasteiger partial charge is 0.418 e. The fourth-order valence-electron chi connectivity index (χ4n) is 4.12. The van der Waals surface area contributed by atoms with E-state index in [1.807, 2.05) is 0 Å². The summed E-state index contributed by atoms with van der Waals surface area (Å²) in [7, 11) is 3.92. The van der Waals surface area contributed by atoms with Gasteiger partial charge in [-0.15, -0.1) is 0 Å². The zero-order valence-electron chi connectivity index (χ0n) is 20.3. The number of pyridine rings is 1. The summed E-state index contributed by atoms with van der Waals surface area (Å²) in [6.45, 7) is 1.80. The van der Waals surface area contributed by atoms with Crippen LogP contribution in [0.2, 0.25) is 0 Å². The van der Waals surface area contributed by atoms with E-state index in [1.165, 1.54) is 30.1 Å². The molecule has 194 valence electrons. The summed E-state index contributed by atoms with van der Waals surface area (Å²) in [5.41, 5.74) is 1.17. The van der Waals surface area contributed by atoms with Gasteiger partial charge >= 0.3 is 6.18 Å². The van der Waals surface area contributed by atoms with Gasteiger partial charge in [0.2, 0.25) is 5.91 Å². The van der Waals surface area contributed by atoms with Crippen LogP contribution < -0.4 is 15.4 Å². The van der Waals surface area contributed by atoms with Crippen molar-refractivity contribution >= 4 is 34.1 Å². The lowest BCUT2D eigenvalue weighted by molar-refractivity contribution is -0.216. The Balaban J connectivity index is 1.82. The van der Waals surface area contributed by atoms with Crippen LogP contribution in [0, 0.1) is 5.92 Å². The lowest BCUT2D eigenvalue weighted by Crippen LogP contribution is -2.23. The van der Waals surface area contributed by atoms with Crippen LogP contribution in [0.4, 0.5) is 30.5 Å². The first-order valence-electron chi connectivity index (χ1n) is 11.5. The lowest BCUT2D eigenvalue weighted by Gasteiger charge is -2.22. The number of benzene rings is 1. The minimum absolute atomic E-state index is 0.0334. The van der Waals surface area contributed by atoms with Gasteiger partial charge in [0.05, 0.1) is 29.8 Å². The monoisotopic (exact) mass is 507 g/mol.